The van der Waals surface area contributed by atoms with Crippen molar-refractivity contribution >= 4 is 33.5 Å². The van der Waals surface area contributed by atoms with Crippen LogP contribution in [0, 0.1) is 0 Å². The zero-order chi connectivity index (χ0) is 18.9. The molecule has 8 nitrogen and oxygen atoms in total. The topological polar surface area (TPSA) is 110 Å². The molecule has 0 atom stereocenters. The molecule has 0 unspecified atom stereocenters. The predicted molar refractivity (Wildman–Crippen MR) is 91.9 cm³/mol. The highest BCUT2D eigenvalue weighted by Gasteiger charge is 2.38. The average molecular weight is 374 g/mol. The maximum absolute atomic E-state index is 12.3. The number of fused-ring (bicyclic) bond motifs is 1. The minimum atomic E-state index is -3.51. The highest BCUT2D eigenvalue weighted by atomic mass is 32.2. The molecule has 1 aliphatic rings. The highest BCUT2D eigenvalue weighted by molar-refractivity contribution is 7.92. The standard InChI is InChI=1S/C17H14N2O6S/c1-2-26(23,24)18-12-7-5-6-11(10-12)17(22)25-19-15(20)13-8-3-4-9-14(13)16(19)21/h3-10,18H,2H2,1H3. The van der Waals surface area contributed by atoms with Crippen molar-refractivity contribution < 1.29 is 27.6 Å². The minimum Gasteiger partial charge on any atom is -0.324 e. The summed E-state index contributed by atoms with van der Waals surface area (Å²) in [5.74, 6) is -2.56. The molecule has 0 aliphatic carbocycles. The third-order valence-electron chi connectivity index (χ3n) is 3.68. The van der Waals surface area contributed by atoms with Gasteiger partial charge in [-0.25, -0.2) is 13.2 Å². The Morgan fingerprint density at radius 1 is 1.04 bits per heavy atom. The van der Waals surface area contributed by atoms with E-state index in [-0.39, 0.29) is 28.1 Å². The fourth-order valence-corrected chi connectivity index (χ4v) is 2.98. The number of benzene rings is 2. The Morgan fingerprint density at radius 3 is 2.23 bits per heavy atom. The third kappa shape index (κ3) is 3.29. The van der Waals surface area contributed by atoms with Crippen molar-refractivity contribution in [1.82, 2.24) is 5.06 Å². The summed E-state index contributed by atoms with van der Waals surface area (Å²) in [7, 11) is -3.51. The molecule has 0 fully saturated rings. The lowest BCUT2D eigenvalue weighted by Crippen LogP contribution is -2.32. The van der Waals surface area contributed by atoms with E-state index in [0.29, 0.717) is 5.06 Å². The zero-order valence-electron chi connectivity index (χ0n) is 13.6. The van der Waals surface area contributed by atoms with Crippen LogP contribution in [0.2, 0.25) is 0 Å². The van der Waals surface area contributed by atoms with E-state index < -0.39 is 27.8 Å². The van der Waals surface area contributed by atoms with Crippen LogP contribution in [-0.2, 0) is 14.9 Å². The first kappa shape index (κ1) is 17.6. The summed E-state index contributed by atoms with van der Waals surface area (Å²) in [6.45, 7) is 1.47. The van der Waals surface area contributed by atoms with E-state index in [1.54, 1.807) is 12.1 Å². The van der Waals surface area contributed by atoms with Gasteiger partial charge in [0.05, 0.1) is 22.4 Å². The Balaban J connectivity index is 1.79. The van der Waals surface area contributed by atoms with Gasteiger partial charge in [0.2, 0.25) is 10.0 Å². The fraction of sp³-hybridized carbons (Fsp3) is 0.118. The lowest BCUT2D eigenvalue weighted by molar-refractivity contribution is -0.0584. The number of carbonyl (C=O) groups is 3. The molecule has 134 valence electrons. The molecule has 0 saturated heterocycles. The summed E-state index contributed by atoms with van der Waals surface area (Å²) >= 11 is 0. The van der Waals surface area contributed by atoms with E-state index in [1.165, 1.54) is 43.3 Å². The molecule has 0 spiro atoms. The molecule has 26 heavy (non-hydrogen) atoms. The molecule has 1 aliphatic heterocycles. The maximum Gasteiger partial charge on any atom is 0.364 e. The van der Waals surface area contributed by atoms with Gasteiger partial charge >= 0.3 is 5.97 Å². The molecule has 1 heterocycles. The summed E-state index contributed by atoms with van der Waals surface area (Å²) in [5, 5.41) is 0.399. The van der Waals surface area contributed by atoms with Crippen molar-refractivity contribution in [1.29, 1.82) is 0 Å². The first-order valence-corrected chi connectivity index (χ1v) is 9.28. The molecule has 2 aromatic carbocycles. The maximum atomic E-state index is 12.3. The Morgan fingerprint density at radius 2 is 1.65 bits per heavy atom. The van der Waals surface area contributed by atoms with Crippen LogP contribution in [0.3, 0.4) is 0 Å². The van der Waals surface area contributed by atoms with Gasteiger partial charge < -0.3 is 4.84 Å². The average Bonchev–Trinajstić information content (AvgIpc) is 2.87. The number of hydrogen-bond donors (Lipinski definition) is 1. The second kappa shape index (κ2) is 6.60. The van der Waals surface area contributed by atoms with Gasteiger partial charge in [0, 0.05) is 5.69 Å². The van der Waals surface area contributed by atoms with Crippen LogP contribution < -0.4 is 4.72 Å². The van der Waals surface area contributed by atoms with E-state index in [4.69, 9.17) is 4.84 Å². The van der Waals surface area contributed by atoms with Crippen molar-refractivity contribution in [3.05, 3.63) is 65.2 Å². The molecule has 0 aromatic heterocycles. The second-order valence-corrected chi connectivity index (χ2v) is 7.43. The molecular weight excluding hydrogens is 360 g/mol. The number of sulfonamides is 1. The van der Waals surface area contributed by atoms with Gasteiger partial charge in [0.1, 0.15) is 0 Å². The molecule has 1 N–H and O–H groups in total. The van der Waals surface area contributed by atoms with Crippen LogP contribution >= 0.6 is 0 Å². The molecule has 9 heteroatoms. The number of hydrogen-bond acceptors (Lipinski definition) is 6. The number of carbonyl (C=O) groups excluding carboxylic acids is 3. The van der Waals surface area contributed by atoms with Crippen molar-refractivity contribution in [2.45, 2.75) is 6.92 Å². The van der Waals surface area contributed by atoms with Gasteiger partial charge in [0.15, 0.2) is 0 Å². The Bertz CT molecular complexity index is 980. The number of imide groups is 1. The summed E-state index contributed by atoms with van der Waals surface area (Å²) in [4.78, 5) is 41.6. The summed E-state index contributed by atoms with van der Waals surface area (Å²) in [6.07, 6.45) is 0. The number of amides is 2. The second-order valence-electron chi connectivity index (χ2n) is 5.42. The number of anilines is 1. The van der Waals surface area contributed by atoms with Crippen LogP contribution in [0.25, 0.3) is 0 Å². The van der Waals surface area contributed by atoms with E-state index in [2.05, 4.69) is 4.72 Å². The number of nitrogens with one attached hydrogen (secondary N) is 1. The Hall–Kier alpha value is -3.20. The normalized spacial score (nSPS) is 13.5. The quantitative estimate of drug-likeness (QED) is 0.800. The zero-order valence-corrected chi connectivity index (χ0v) is 14.4. The van der Waals surface area contributed by atoms with Crippen LogP contribution in [0.5, 0.6) is 0 Å². The van der Waals surface area contributed by atoms with Gasteiger partial charge in [-0.2, -0.15) is 0 Å². The number of rotatable bonds is 5. The molecule has 3 rings (SSSR count). The van der Waals surface area contributed by atoms with Gasteiger partial charge in [0.25, 0.3) is 11.8 Å². The van der Waals surface area contributed by atoms with E-state index >= 15 is 0 Å². The lowest BCUT2D eigenvalue weighted by atomic mass is 10.1. The summed E-state index contributed by atoms with van der Waals surface area (Å²) < 4.78 is 25.5. The molecule has 0 bridgehead atoms. The Kier molecular flexibility index (Phi) is 4.47. The van der Waals surface area contributed by atoms with Gasteiger partial charge in [-0.3, -0.25) is 14.3 Å². The molecule has 0 saturated carbocycles. The van der Waals surface area contributed by atoms with Crippen LogP contribution in [0.4, 0.5) is 5.69 Å². The summed E-state index contributed by atoms with van der Waals surface area (Å²) in [6, 6.07) is 11.7. The first-order chi connectivity index (χ1) is 12.3. The SMILES string of the molecule is CCS(=O)(=O)Nc1cccc(C(=O)ON2C(=O)c3ccccc3C2=O)c1. The molecule has 2 aromatic rings. The molecule has 2 amide bonds. The van der Waals surface area contributed by atoms with Crippen LogP contribution in [-0.4, -0.2) is 37.0 Å². The predicted octanol–water partition coefficient (Wildman–Crippen LogP) is 1.82. The van der Waals surface area contributed by atoms with Crippen LogP contribution in [0.15, 0.2) is 48.5 Å². The smallest absolute Gasteiger partial charge is 0.324 e. The number of nitrogens with zero attached hydrogens (tertiary/aromatic N) is 1. The monoisotopic (exact) mass is 374 g/mol. The van der Waals surface area contributed by atoms with E-state index in [1.807, 2.05) is 0 Å². The van der Waals surface area contributed by atoms with Crippen molar-refractivity contribution in [2.24, 2.45) is 0 Å². The summed E-state index contributed by atoms with van der Waals surface area (Å²) in [5.41, 5.74) is 0.450. The van der Waals surface area contributed by atoms with Gasteiger partial charge in [-0.15, -0.1) is 0 Å². The molecule has 0 radical (unpaired) electrons. The van der Waals surface area contributed by atoms with Crippen LogP contribution in [0.1, 0.15) is 38.0 Å². The van der Waals surface area contributed by atoms with Crippen molar-refractivity contribution in [2.75, 3.05) is 10.5 Å². The number of hydroxylamine groups is 2. The first-order valence-electron chi connectivity index (χ1n) is 7.63. The molecular formula is C17H14N2O6S. The van der Waals surface area contributed by atoms with Crippen molar-refractivity contribution in [3.8, 4) is 0 Å². The van der Waals surface area contributed by atoms with Gasteiger partial charge in [-0.1, -0.05) is 23.3 Å². The lowest BCUT2D eigenvalue weighted by Gasteiger charge is -2.13. The van der Waals surface area contributed by atoms with Gasteiger partial charge in [-0.05, 0) is 37.3 Å². The van der Waals surface area contributed by atoms with Crippen molar-refractivity contribution in [3.63, 3.8) is 0 Å². The van der Waals surface area contributed by atoms with E-state index in [9.17, 15) is 22.8 Å². The highest BCUT2D eigenvalue weighted by Crippen LogP contribution is 2.23. The third-order valence-corrected chi connectivity index (χ3v) is 4.99. The Labute approximate surface area is 149 Å². The largest absolute Gasteiger partial charge is 0.364 e. The minimum absolute atomic E-state index is 0.0159. The van der Waals surface area contributed by atoms with E-state index in [0.717, 1.165) is 0 Å². The fourth-order valence-electron chi connectivity index (χ4n) is 2.35.